The van der Waals surface area contributed by atoms with Crippen LogP contribution in [0.3, 0.4) is 0 Å². The summed E-state index contributed by atoms with van der Waals surface area (Å²) in [5, 5.41) is 25.8. The highest BCUT2D eigenvalue weighted by atomic mass is 32.2. The molecule has 0 bridgehead atoms. The average molecular weight is 633 g/mol. The minimum absolute atomic E-state index is 0.0264. The lowest BCUT2D eigenvalue weighted by Crippen LogP contribution is -2.45. The van der Waals surface area contributed by atoms with Crippen molar-refractivity contribution in [3.8, 4) is 34.0 Å². The summed E-state index contributed by atoms with van der Waals surface area (Å²) in [5.41, 5.74) is 1.62. The third kappa shape index (κ3) is 5.81. The van der Waals surface area contributed by atoms with Gasteiger partial charge in [-0.05, 0) is 50.4 Å². The van der Waals surface area contributed by atoms with Gasteiger partial charge in [0.15, 0.2) is 17.9 Å². The summed E-state index contributed by atoms with van der Waals surface area (Å²) < 4.78 is 49.5. The maximum absolute atomic E-state index is 14.9. The molecule has 13 heteroatoms. The first kappa shape index (κ1) is 30.4. The molecule has 0 saturated carbocycles. The lowest BCUT2D eigenvalue weighted by molar-refractivity contribution is -0.0190. The number of piperazine rings is 1. The standard InChI is InChI=1S/C32H33FN6O5S/c1-4-29(41)44-28-16-21(18-35-32(28)38-14-12-37(3)13-15-38)31-23-17-25(30-24(33)6-5-7-27(30)40)34-19-26(23)39(36-31)45(42,43)22-10-8-20(2)9-11-22/h5-11,16-19,29,40-41H,4,12-15H2,1-3H3. The molecule has 2 N–H and O–H groups in total. The second-order valence-electron chi connectivity index (χ2n) is 11.0. The zero-order valence-corrected chi connectivity index (χ0v) is 25.9. The molecule has 2 aromatic carbocycles. The predicted octanol–water partition coefficient (Wildman–Crippen LogP) is 4.41. The van der Waals surface area contributed by atoms with Crippen molar-refractivity contribution in [2.45, 2.75) is 31.5 Å². The minimum atomic E-state index is -4.19. The number of aryl methyl sites for hydroxylation is 1. The Hall–Kier alpha value is -4.59. The molecule has 1 atom stereocenters. The number of hydrogen-bond donors (Lipinski definition) is 2. The fourth-order valence-electron chi connectivity index (χ4n) is 5.24. The highest BCUT2D eigenvalue weighted by Gasteiger charge is 2.27. The first-order chi connectivity index (χ1) is 21.6. The van der Waals surface area contributed by atoms with Crippen LogP contribution in [0.5, 0.6) is 11.5 Å². The fraction of sp³-hybridized carbons (Fsp3) is 0.281. The third-order valence-corrected chi connectivity index (χ3v) is 9.45. The predicted molar refractivity (Wildman–Crippen MR) is 168 cm³/mol. The Morgan fingerprint density at radius 2 is 1.76 bits per heavy atom. The van der Waals surface area contributed by atoms with Crippen molar-refractivity contribution in [2.75, 3.05) is 38.1 Å². The smallest absolute Gasteiger partial charge is 0.283 e. The Bertz CT molecular complexity index is 1950. The number of ether oxygens (including phenoxy) is 1. The Labute approximate surface area is 260 Å². The first-order valence-electron chi connectivity index (χ1n) is 14.5. The number of aliphatic hydroxyl groups excluding tert-OH is 1. The van der Waals surface area contributed by atoms with E-state index in [9.17, 15) is 23.0 Å². The van der Waals surface area contributed by atoms with E-state index in [-0.39, 0.29) is 33.1 Å². The molecule has 45 heavy (non-hydrogen) atoms. The number of nitrogens with zero attached hydrogens (tertiary/aromatic N) is 6. The van der Waals surface area contributed by atoms with Gasteiger partial charge >= 0.3 is 0 Å². The van der Waals surface area contributed by atoms with Gasteiger partial charge in [0.05, 0.1) is 22.3 Å². The van der Waals surface area contributed by atoms with E-state index in [2.05, 4.69) is 19.9 Å². The average Bonchev–Trinajstić information content (AvgIpc) is 3.41. The van der Waals surface area contributed by atoms with Crippen LogP contribution < -0.4 is 9.64 Å². The SMILES string of the molecule is CCC(O)Oc1cc(-c2nn(S(=O)(=O)c3ccc(C)cc3)c3cnc(-c4c(O)cccc4F)cc23)cnc1N1CCN(C)CC1. The van der Waals surface area contributed by atoms with Crippen molar-refractivity contribution >= 4 is 26.7 Å². The van der Waals surface area contributed by atoms with Crippen molar-refractivity contribution in [3.05, 3.63) is 78.4 Å². The highest BCUT2D eigenvalue weighted by Crippen LogP contribution is 2.38. The van der Waals surface area contributed by atoms with Crippen LogP contribution in [0, 0.1) is 12.7 Å². The van der Waals surface area contributed by atoms with Gasteiger partial charge in [-0.25, -0.2) is 9.37 Å². The number of phenolic OH excluding ortho intramolecular Hbond substituents is 1. The van der Waals surface area contributed by atoms with Crippen molar-refractivity contribution in [3.63, 3.8) is 0 Å². The van der Waals surface area contributed by atoms with Gasteiger partial charge in [0.1, 0.15) is 22.8 Å². The molecule has 5 aromatic rings. The maximum Gasteiger partial charge on any atom is 0.283 e. The number of halogens is 1. The van der Waals surface area contributed by atoms with Crippen LogP contribution in [0.4, 0.5) is 10.2 Å². The minimum Gasteiger partial charge on any atom is -0.507 e. The Balaban J connectivity index is 1.56. The van der Waals surface area contributed by atoms with E-state index in [0.717, 1.165) is 22.7 Å². The fourth-order valence-corrected chi connectivity index (χ4v) is 6.51. The summed E-state index contributed by atoms with van der Waals surface area (Å²) in [6.07, 6.45) is 2.11. The molecule has 3 aromatic heterocycles. The second kappa shape index (κ2) is 12.1. The molecule has 1 aliphatic heterocycles. The number of pyridine rings is 2. The topological polar surface area (TPSA) is 134 Å². The number of likely N-dealkylation sites (N-methyl/N-ethyl adjacent to an activating group) is 1. The molecule has 0 radical (unpaired) electrons. The van der Waals surface area contributed by atoms with Gasteiger partial charge in [0.25, 0.3) is 10.0 Å². The van der Waals surface area contributed by atoms with E-state index < -0.39 is 22.1 Å². The van der Waals surface area contributed by atoms with Crippen LogP contribution >= 0.6 is 0 Å². The molecule has 6 rings (SSSR count). The van der Waals surface area contributed by atoms with E-state index in [1.165, 1.54) is 42.6 Å². The van der Waals surface area contributed by atoms with Gasteiger partial charge in [-0.3, -0.25) is 4.98 Å². The van der Waals surface area contributed by atoms with Gasteiger partial charge in [-0.2, -0.15) is 17.6 Å². The zero-order chi connectivity index (χ0) is 31.9. The molecular formula is C32H33FN6O5S. The van der Waals surface area contributed by atoms with Crippen LogP contribution in [-0.4, -0.2) is 82.2 Å². The van der Waals surface area contributed by atoms with E-state index in [4.69, 9.17) is 9.72 Å². The quantitative estimate of drug-likeness (QED) is 0.237. The lowest BCUT2D eigenvalue weighted by Gasteiger charge is -2.34. The Morgan fingerprint density at radius 1 is 1.02 bits per heavy atom. The summed E-state index contributed by atoms with van der Waals surface area (Å²) >= 11 is 0. The molecule has 1 aliphatic rings. The maximum atomic E-state index is 14.9. The van der Waals surface area contributed by atoms with Crippen LogP contribution in [0.2, 0.25) is 0 Å². The summed E-state index contributed by atoms with van der Waals surface area (Å²) in [6, 6.07) is 13.5. The normalized spacial score (nSPS) is 15.0. The third-order valence-electron chi connectivity index (χ3n) is 7.85. The summed E-state index contributed by atoms with van der Waals surface area (Å²) in [4.78, 5) is 13.3. The summed E-state index contributed by atoms with van der Waals surface area (Å²) in [5.74, 6) is -0.137. The van der Waals surface area contributed by atoms with Crippen LogP contribution in [0.25, 0.3) is 33.4 Å². The van der Waals surface area contributed by atoms with E-state index in [0.29, 0.717) is 42.0 Å². The molecule has 0 amide bonds. The summed E-state index contributed by atoms with van der Waals surface area (Å²) in [6.45, 7) is 6.70. The number of phenols is 1. The number of aromatic hydroxyl groups is 1. The molecular weight excluding hydrogens is 599 g/mol. The molecule has 1 fully saturated rings. The Morgan fingerprint density at radius 3 is 2.44 bits per heavy atom. The highest BCUT2D eigenvalue weighted by molar-refractivity contribution is 7.90. The number of anilines is 1. The molecule has 1 saturated heterocycles. The van der Waals surface area contributed by atoms with Crippen molar-refractivity contribution in [1.29, 1.82) is 0 Å². The van der Waals surface area contributed by atoms with E-state index >= 15 is 0 Å². The molecule has 234 valence electrons. The molecule has 1 unspecified atom stereocenters. The van der Waals surface area contributed by atoms with Crippen molar-refractivity contribution < 1.29 is 27.8 Å². The van der Waals surface area contributed by atoms with Gasteiger partial charge in [0, 0.05) is 49.7 Å². The molecule has 0 aliphatic carbocycles. The van der Waals surface area contributed by atoms with Gasteiger partial charge in [-0.1, -0.05) is 30.7 Å². The van der Waals surface area contributed by atoms with E-state index in [1.807, 2.05) is 14.0 Å². The largest absolute Gasteiger partial charge is 0.507 e. The van der Waals surface area contributed by atoms with Crippen molar-refractivity contribution in [2.24, 2.45) is 0 Å². The van der Waals surface area contributed by atoms with Crippen molar-refractivity contribution in [1.82, 2.24) is 24.1 Å². The van der Waals surface area contributed by atoms with Crippen LogP contribution in [0.1, 0.15) is 18.9 Å². The molecule has 4 heterocycles. The van der Waals surface area contributed by atoms with Gasteiger partial charge in [0.2, 0.25) is 0 Å². The number of aromatic nitrogens is 4. The number of aliphatic hydroxyl groups is 1. The molecule has 0 spiro atoms. The van der Waals surface area contributed by atoms with Crippen LogP contribution in [-0.2, 0) is 10.0 Å². The number of hydrogen-bond acceptors (Lipinski definition) is 10. The number of rotatable bonds is 8. The summed E-state index contributed by atoms with van der Waals surface area (Å²) in [7, 11) is -2.15. The van der Waals surface area contributed by atoms with Crippen LogP contribution in [0.15, 0.2) is 71.9 Å². The molecule has 11 nitrogen and oxygen atoms in total. The number of fused-ring (bicyclic) bond motifs is 1. The Kier molecular flexibility index (Phi) is 8.16. The first-order valence-corrected chi connectivity index (χ1v) is 16.0. The zero-order valence-electron chi connectivity index (χ0n) is 25.1. The van der Waals surface area contributed by atoms with Gasteiger partial charge in [-0.15, -0.1) is 0 Å². The second-order valence-corrected chi connectivity index (χ2v) is 12.8. The van der Waals surface area contributed by atoms with Gasteiger partial charge < -0.3 is 24.7 Å². The van der Waals surface area contributed by atoms with E-state index in [1.54, 1.807) is 31.3 Å². The number of benzene rings is 2. The lowest BCUT2D eigenvalue weighted by atomic mass is 10.1. The monoisotopic (exact) mass is 632 g/mol.